The summed E-state index contributed by atoms with van der Waals surface area (Å²) in [5.74, 6) is 0.190. The second-order valence-electron chi connectivity index (χ2n) is 8.46. The maximum absolute atomic E-state index is 13.7. The highest BCUT2D eigenvalue weighted by Gasteiger charge is 2.33. The van der Waals surface area contributed by atoms with Crippen LogP contribution >= 0.6 is 11.3 Å². The third kappa shape index (κ3) is 5.04. The van der Waals surface area contributed by atoms with E-state index in [-0.39, 0.29) is 12.2 Å². The Morgan fingerprint density at radius 3 is 2.47 bits per heavy atom. The normalized spacial score (nSPS) is 15.2. The molecule has 2 heterocycles. The Bertz CT molecular complexity index is 1480. The third-order valence-corrected chi connectivity index (χ3v) is 6.77. The first-order valence-corrected chi connectivity index (χ1v) is 12.5. The highest BCUT2D eigenvalue weighted by Crippen LogP contribution is 2.31. The number of aromatic nitrogens is 1. The molecule has 4 rings (SSSR count). The highest BCUT2D eigenvalue weighted by molar-refractivity contribution is 7.07. The van der Waals surface area contributed by atoms with Crippen molar-refractivity contribution in [1.82, 2.24) is 4.57 Å². The van der Waals surface area contributed by atoms with Crippen LogP contribution in [0.5, 0.6) is 5.75 Å². The van der Waals surface area contributed by atoms with E-state index in [1.165, 1.54) is 11.3 Å². The molecule has 0 saturated heterocycles. The summed E-state index contributed by atoms with van der Waals surface area (Å²) in [5.41, 5.74) is 3.43. The van der Waals surface area contributed by atoms with Gasteiger partial charge in [0.15, 0.2) is 4.80 Å². The molecule has 186 valence electrons. The molecule has 0 amide bonds. The minimum absolute atomic E-state index is 0.207. The van der Waals surface area contributed by atoms with E-state index in [1.54, 1.807) is 24.5 Å². The molecule has 1 aliphatic heterocycles. The Hall–Kier alpha value is -3.91. The van der Waals surface area contributed by atoms with Crippen LogP contribution < -0.4 is 24.5 Å². The lowest BCUT2D eigenvalue weighted by molar-refractivity contribution is -0.139. The Labute approximate surface area is 213 Å². The summed E-state index contributed by atoms with van der Waals surface area (Å²) in [5, 5.41) is 0. The molecular weight excluding hydrogens is 474 g/mol. The average Bonchev–Trinajstić information content (AvgIpc) is 3.16. The molecule has 3 aromatic rings. The maximum atomic E-state index is 13.7. The molecule has 0 aliphatic carbocycles. The van der Waals surface area contributed by atoms with E-state index in [1.807, 2.05) is 73.6 Å². The average molecular weight is 504 g/mol. The van der Waals surface area contributed by atoms with Crippen molar-refractivity contribution in [2.24, 2.45) is 4.99 Å². The number of hydrogen-bond donors (Lipinski definition) is 0. The first-order valence-electron chi connectivity index (χ1n) is 11.6. The summed E-state index contributed by atoms with van der Waals surface area (Å²) >= 11 is 1.31. The van der Waals surface area contributed by atoms with Crippen molar-refractivity contribution in [2.45, 2.75) is 19.9 Å². The zero-order chi connectivity index (χ0) is 25.8. The van der Waals surface area contributed by atoms with Crippen LogP contribution in [-0.4, -0.2) is 37.8 Å². The van der Waals surface area contributed by atoms with Crippen molar-refractivity contribution >= 4 is 29.1 Å². The topological polar surface area (TPSA) is 73.1 Å². The Kier molecular flexibility index (Phi) is 7.55. The third-order valence-electron chi connectivity index (χ3n) is 5.79. The minimum Gasteiger partial charge on any atom is -0.490 e. The first-order chi connectivity index (χ1) is 17.3. The fraction of sp³-hybridized carbons (Fsp3) is 0.250. The monoisotopic (exact) mass is 503 g/mol. The van der Waals surface area contributed by atoms with Crippen molar-refractivity contribution in [2.75, 3.05) is 32.2 Å². The molecule has 0 radical (unpaired) electrons. The second-order valence-corrected chi connectivity index (χ2v) is 9.47. The van der Waals surface area contributed by atoms with Gasteiger partial charge in [0.25, 0.3) is 5.56 Å². The smallest absolute Gasteiger partial charge is 0.338 e. The molecule has 0 fully saturated rings. The molecule has 0 bridgehead atoms. The Morgan fingerprint density at radius 1 is 1.17 bits per heavy atom. The van der Waals surface area contributed by atoms with Gasteiger partial charge in [0, 0.05) is 19.8 Å². The van der Waals surface area contributed by atoms with Crippen LogP contribution in [0.3, 0.4) is 0 Å². The van der Waals surface area contributed by atoms with Crippen LogP contribution in [0.15, 0.2) is 82.2 Å². The number of nitrogens with zero attached hydrogens (tertiary/aromatic N) is 3. The number of hydrogen-bond acceptors (Lipinski definition) is 7. The molecule has 1 atom stereocenters. The number of fused-ring (bicyclic) bond motifs is 1. The van der Waals surface area contributed by atoms with Gasteiger partial charge in [0.2, 0.25) is 0 Å². The van der Waals surface area contributed by atoms with Crippen molar-refractivity contribution in [3.8, 4) is 5.75 Å². The fourth-order valence-corrected chi connectivity index (χ4v) is 5.08. The molecule has 0 spiro atoms. The first kappa shape index (κ1) is 25.2. The Morgan fingerprint density at radius 2 is 1.86 bits per heavy atom. The molecule has 36 heavy (non-hydrogen) atoms. The molecule has 1 aliphatic rings. The number of allylic oxidation sites excluding steroid dienone is 1. The van der Waals surface area contributed by atoms with Gasteiger partial charge in [0.05, 0.1) is 28.5 Å². The summed E-state index contributed by atoms with van der Waals surface area (Å²) in [4.78, 5) is 33.9. The van der Waals surface area contributed by atoms with Gasteiger partial charge in [-0.2, -0.15) is 0 Å². The summed E-state index contributed by atoms with van der Waals surface area (Å²) in [6, 6.07) is 14.7. The van der Waals surface area contributed by atoms with E-state index in [0.717, 1.165) is 16.8 Å². The van der Waals surface area contributed by atoms with Gasteiger partial charge in [-0.1, -0.05) is 48.3 Å². The van der Waals surface area contributed by atoms with Crippen molar-refractivity contribution < 1.29 is 14.3 Å². The van der Waals surface area contributed by atoms with Crippen molar-refractivity contribution in [3.05, 3.63) is 103 Å². The predicted molar refractivity (Wildman–Crippen MR) is 143 cm³/mol. The van der Waals surface area contributed by atoms with Gasteiger partial charge in [-0.3, -0.25) is 9.36 Å². The van der Waals surface area contributed by atoms with Gasteiger partial charge in [-0.15, -0.1) is 0 Å². The number of rotatable bonds is 8. The lowest BCUT2D eigenvalue weighted by atomic mass is 9.96. The predicted octanol–water partition coefficient (Wildman–Crippen LogP) is 3.43. The van der Waals surface area contributed by atoms with E-state index in [4.69, 9.17) is 9.47 Å². The second kappa shape index (κ2) is 10.8. The summed E-state index contributed by atoms with van der Waals surface area (Å²) in [6.07, 6.45) is 3.53. The van der Waals surface area contributed by atoms with E-state index >= 15 is 0 Å². The summed E-state index contributed by atoms with van der Waals surface area (Å²) < 4.78 is 13.1. The number of ether oxygens (including phenoxy) is 2. The minimum atomic E-state index is -0.660. The number of anilines is 1. The largest absolute Gasteiger partial charge is 0.490 e. The lowest BCUT2D eigenvalue weighted by Crippen LogP contribution is -2.39. The van der Waals surface area contributed by atoms with Gasteiger partial charge >= 0.3 is 5.97 Å². The number of thiazole rings is 1. The van der Waals surface area contributed by atoms with Crippen LogP contribution in [0.4, 0.5) is 5.69 Å². The van der Waals surface area contributed by atoms with Gasteiger partial charge in [0.1, 0.15) is 12.4 Å². The van der Waals surface area contributed by atoms with Crippen molar-refractivity contribution in [3.63, 3.8) is 0 Å². The Balaban J connectivity index is 1.85. The highest BCUT2D eigenvalue weighted by atomic mass is 32.1. The van der Waals surface area contributed by atoms with E-state index in [0.29, 0.717) is 33.0 Å². The van der Waals surface area contributed by atoms with Crippen LogP contribution in [0.25, 0.3) is 6.08 Å². The summed E-state index contributed by atoms with van der Waals surface area (Å²) in [7, 11) is 3.96. The van der Waals surface area contributed by atoms with Crippen LogP contribution in [0, 0.1) is 0 Å². The zero-order valence-electron chi connectivity index (χ0n) is 20.9. The molecule has 0 N–H and O–H groups in total. The quantitative estimate of drug-likeness (QED) is 0.348. The van der Waals surface area contributed by atoms with Crippen LogP contribution in [0.2, 0.25) is 0 Å². The molecule has 7 nitrogen and oxygen atoms in total. The van der Waals surface area contributed by atoms with Gasteiger partial charge in [-0.05, 0) is 55.3 Å². The van der Waals surface area contributed by atoms with Gasteiger partial charge in [-0.25, -0.2) is 9.79 Å². The number of benzene rings is 2. The number of carbonyl (C=O) groups is 1. The maximum Gasteiger partial charge on any atom is 0.338 e. The van der Waals surface area contributed by atoms with Crippen molar-refractivity contribution in [1.29, 1.82) is 0 Å². The van der Waals surface area contributed by atoms with E-state index in [2.05, 4.69) is 11.6 Å². The SMILES string of the molecule is C=CCOc1ccc(C2C(C(=O)OCC)=C(C)N=c3s/c(=C\c4ccc(N(C)C)cc4)c(=O)n32)cc1. The molecule has 2 aromatic carbocycles. The summed E-state index contributed by atoms with van der Waals surface area (Å²) in [6.45, 7) is 7.81. The van der Waals surface area contributed by atoms with Gasteiger partial charge < -0.3 is 14.4 Å². The molecule has 8 heteroatoms. The number of esters is 1. The molecular formula is C28H29N3O4S. The molecule has 1 aromatic heterocycles. The molecule has 0 saturated carbocycles. The van der Waals surface area contributed by atoms with Crippen LogP contribution in [0.1, 0.15) is 31.0 Å². The molecule has 1 unspecified atom stereocenters. The van der Waals surface area contributed by atoms with Crippen LogP contribution in [-0.2, 0) is 9.53 Å². The van der Waals surface area contributed by atoms with E-state index in [9.17, 15) is 9.59 Å². The lowest BCUT2D eigenvalue weighted by Gasteiger charge is -2.24. The standard InChI is InChI=1S/C28H29N3O4S/c1-6-16-35-22-14-10-20(11-15-22)25-24(27(33)34-7-2)18(3)29-28-31(25)26(32)23(36-28)17-19-8-12-21(13-9-19)30(4)5/h6,8-15,17,25H,1,7,16H2,2-5H3/b23-17-. The number of carbonyl (C=O) groups excluding carboxylic acids is 1. The van der Waals surface area contributed by atoms with E-state index < -0.39 is 12.0 Å². The zero-order valence-corrected chi connectivity index (χ0v) is 21.7. The fourth-order valence-electron chi connectivity index (χ4n) is 4.03.